The highest BCUT2D eigenvalue weighted by Gasteiger charge is 2.12. The minimum absolute atomic E-state index is 0.137. The fourth-order valence-corrected chi connectivity index (χ4v) is 3.16. The van der Waals surface area contributed by atoms with E-state index in [1.54, 1.807) is 24.3 Å². The molecule has 0 fully saturated rings. The summed E-state index contributed by atoms with van der Waals surface area (Å²) in [6.07, 6.45) is 0. The van der Waals surface area contributed by atoms with Crippen LogP contribution < -0.4 is 10.6 Å². The molecule has 0 aliphatic heterocycles. The maximum absolute atomic E-state index is 12.2. The number of benzene rings is 2. The number of amides is 2. The van der Waals surface area contributed by atoms with Crippen molar-refractivity contribution in [2.45, 2.75) is 12.1 Å². The van der Waals surface area contributed by atoms with E-state index in [0.717, 1.165) is 11.4 Å². The Bertz CT molecular complexity index is 938. The molecule has 0 aliphatic carbocycles. The van der Waals surface area contributed by atoms with Crippen LogP contribution in [0.3, 0.4) is 0 Å². The lowest BCUT2D eigenvalue weighted by molar-refractivity contribution is -0.114. The molecule has 8 heteroatoms. The maximum Gasteiger partial charge on any atom is 0.234 e. The number of thioether (sulfide) groups is 1. The number of aromatic nitrogens is 3. The van der Waals surface area contributed by atoms with E-state index >= 15 is 0 Å². The molecule has 0 spiro atoms. The van der Waals surface area contributed by atoms with Gasteiger partial charge in [0, 0.05) is 30.9 Å². The Kier molecular flexibility index (Phi) is 5.87. The summed E-state index contributed by atoms with van der Waals surface area (Å²) in [6.45, 7) is 1.45. The monoisotopic (exact) mass is 381 g/mol. The van der Waals surface area contributed by atoms with Gasteiger partial charge in [-0.05, 0) is 24.3 Å². The number of rotatable bonds is 6. The quantitative estimate of drug-likeness (QED) is 0.640. The Morgan fingerprint density at radius 2 is 1.59 bits per heavy atom. The van der Waals surface area contributed by atoms with Crippen LogP contribution in [0.4, 0.5) is 11.4 Å². The summed E-state index contributed by atoms with van der Waals surface area (Å²) in [7, 11) is 1.88. The lowest BCUT2D eigenvalue weighted by atomic mass is 10.2. The van der Waals surface area contributed by atoms with Gasteiger partial charge in [0.05, 0.1) is 5.75 Å². The van der Waals surface area contributed by atoms with Gasteiger partial charge < -0.3 is 15.2 Å². The highest BCUT2D eigenvalue weighted by molar-refractivity contribution is 7.99. The molecule has 138 valence electrons. The summed E-state index contributed by atoms with van der Waals surface area (Å²) in [5.74, 6) is 0.694. The van der Waals surface area contributed by atoms with Crippen LogP contribution in [0.2, 0.25) is 0 Å². The van der Waals surface area contributed by atoms with Crippen LogP contribution in [0.25, 0.3) is 11.4 Å². The van der Waals surface area contributed by atoms with Crippen molar-refractivity contribution >= 4 is 35.0 Å². The van der Waals surface area contributed by atoms with Crippen molar-refractivity contribution in [3.05, 3.63) is 54.6 Å². The Morgan fingerprint density at radius 1 is 0.963 bits per heavy atom. The van der Waals surface area contributed by atoms with Gasteiger partial charge in [-0.25, -0.2) is 0 Å². The molecule has 2 N–H and O–H groups in total. The van der Waals surface area contributed by atoms with Crippen LogP contribution in [-0.2, 0) is 16.6 Å². The Morgan fingerprint density at radius 3 is 2.22 bits per heavy atom. The van der Waals surface area contributed by atoms with Crippen LogP contribution in [0.5, 0.6) is 0 Å². The predicted molar refractivity (Wildman–Crippen MR) is 107 cm³/mol. The van der Waals surface area contributed by atoms with Gasteiger partial charge in [0.25, 0.3) is 0 Å². The summed E-state index contributed by atoms with van der Waals surface area (Å²) in [5, 5.41) is 14.5. The van der Waals surface area contributed by atoms with Gasteiger partial charge in [0.15, 0.2) is 11.0 Å². The molecular formula is C19H19N5O2S. The van der Waals surface area contributed by atoms with E-state index in [1.807, 2.05) is 41.9 Å². The van der Waals surface area contributed by atoms with Crippen molar-refractivity contribution in [2.24, 2.45) is 7.05 Å². The number of carbonyl (C=O) groups is 2. The van der Waals surface area contributed by atoms with Crippen molar-refractivity contribution < 1.29 is 9.59 Å². The first kappa shape index (κ1) is 18.7. The zero-order valence-electron chi connectivity index (χ0n) is 15.0. The molecule has 0 radical (unpaired) electrons. The number of carbonyl (C=O) groups excluding carboxylic acids is 2. The molecule has 2 amide bonds. The first-order valence-electron chi connectivity index (χ1n) is 8.28. The van der Waals surface area contributed by atoms with Crippen molar-refractivity contribution in [1.29, 1.82) is 0 Å². The average Bonchev–Trinajstić information content (AvgIpc) is 3.02. The fourth-order valence-electron chi connectivity index (χ4n) is 2.45. The number of hydrogen-bond donors (Lipinski definition) is 2. The molecule has 0 saturated carbocycles. The Balaban J connectivity index is 1.57. The van der Waals surface area contributed by atoms with Crippen LogP contribution >= 0.6 is 11.8 Å². The summed E-state index contributed by atoms with van der Waals surface area (Å²) in [6, 6.07) is 16.7. The van der Waals surface area contributed by atoms with Gasteiger partial charge >= 0.3 is 0 Å². The molecule has 0 bridgehead atoms. The lowest BCUT2D eigenvalue weighted by Gasteiger charge is -2.07. The minimum atomic E-state index is -0.142. The third-order valence-corrected chi connectivity index (χ3v) is 4.71. The first-order valence-corrected chi connectivity index (χ1v) is 9.26. The molecule has 27 heavy (non-hydrogen) atoms. The molecule has 0 unspecified atom stereocenters. The largest absolute Gasteiger partial charge is 0.326 e. The van der Waals surface area contributed by atoms with Gasteiger partial charge in [-0.1, -0.05) is 42.1 Å². The second-order valence-corrected chi connectivity index (χ2v) is 6.77. The molecule has 2 aromatic carbocycles. The normalized spacial score (nSPS) is 10.4. The van der Waals surface area contributed by atoms with Gasteiger partial charge in [-0.15, -0.1) is 10.2 Å². The summed E-state index contributed by atoms with van der Waals surface area (Å²) in [5.41, 5.74) is 2.32. The van der Waals surface area contributed by atoms with Crippen molar-refractivity contribution in [3.63, 3.8) is 0 Å². The predicted octanol–water partition coefficient (Wildman–Crippen LogP) is 3.17. The average molecular weight is 381 g/mol. The highest BCUT2D eigenvalue weighted by Crippen LogP contribution is 2.22. The van der Waals surface area contributed by atoms with Crippen molar-refractivity contribution in [2.75, 3.05) is 16.4 Å². The smallest absolute Gasteiger partial charge is 0.234 e. The van der Waals surface area contributed by atoms with E-state index in [2.05, 4.69) is 20.8 Å². The summed E-state index contributed by atoms with van der Waals surface area (Å²) < 4.78 is 1.87. The topological polar surface area (TPSA) is 88.9 Å². The molecule has 0 atom stereocenters. The second kappa shape index (κ2) is 8.50. The van der Waals surface area contributed by atoms with E-state index in [-0.39, 0.29) is 17.6 Å². The van der Waals surface area contributed by atoms with E-state index in [4.69, 9.17) is 0 Å². The van der Waals surface area contributed by atoms with Crippen molar-refractivity contribution in [3.8, 4) is 11.4 Å². The SMILES string of the molecule is CC(=O)Nc1ccc(NC(=O)CSc2nnc(-c3ccccc3)n2C)cc1. The van der Waals surface area contributed by atoms with E-state index in [0.29, 0.717) is 16.5 Å². The third-order valence-electron chi connectivity index (χ3n) is 3.69. The zero-order valence-corrected chi connectivity index (χ0v) is 15.8. The van der Waals surface area contributed by atoms with E-state index < -0.39 is 0 Å². The number of hydrogen-bond acceptors (Lipinski definition) is 5. The van der Waals surface area contributed by atoms with Crippen LogP contribution in [0.15, 0.2) is 59.8 Å². The number of anilines is 2. The summed E-state index contributed by atoms with van der Waals surface area (Å²) >= 11 is 1.32. The number of nitrogens with one attached hydrogen (secondary N) is 2. The molecule has 3 rings (SSSR count). The lowest BCUT2D eigenvalue weighted by Crippen LogP contribution is -2.14. The molecule has 1 heterocycles. The van der Waals surface area contributed by atoms with E-state index in [1.165, 1.54) is 18.7 Å². The van der Waals surface area contributed by atoms with Crippen LogP contribution in [0.1, 0.15) is 6.92 Å². The highest BCUT2D eigenvalue weighted by atomic mass is 32.2. The Hall–Kier alpha value is -3.13. The second-order valence-electron chi connectivity index (χ2n) is 5.83. The molecule has 0 saturated heterocycles. The Labute approximate surface area is 161 Å². The summed E-state index contributed by atoms with van der Waals surface area (Å²) in [4.78, 5) is 23.2. The molecule has 1 aromatic heterocycles. The van der Waals surface area contributed by atoms with E-state index in [9.17, 15) is 9.59 Å². The van der Waals surface area contributed by atoms with Crippen LogP contribution in [0, 0.1) is 0 Å². The van der Waals surface area contributed by atoms with Gasteiger partial charge in [-0.2, -0.15) is 0 Å². The maximum atomic E-state index is 12.2. The number of nitrogens with zero attached hydrogens (tertiary/aromatic N) is 3. The first-order chi connectivity index (χ1) is 13.0. The molecule has 3 aromatic rings. The standard InChI is InChI=1S/C19H19N5O2S/c1-13(25)20-15-8-10-16(11-9-15)21-17(26)12-27-19-23-22-18(24(19)2)14-6-4-3-5-7-14/h3-11H,12H2,1-2H3,(H,20,25)(H,21,26). The molecule has 7 nitrogen and oxygen atoms in total. The van der Waals surface area contributed by atoms with Crippen molar-refractivity contribution in [1.82, 2.24) is 14.8 Å². The fraction of sp³-hybridized carbons (Fsp3) is 0.158. The minimum Gasteiger partial charge on any atom is -0.326 e. The molecule has 0 aliphatic rings. The van der Waals surface area contributed by atoms with Gasteiger partial charge in [-0.3, -0.25) is 9.59 Å². The molecular weight excluding hydrogens is 362 g/mol. The zero-order chi connectivity index (χ0) is 19.2. The van der Waals surface area contributed by atoms with Gasteiger partial charge in [0.1, 0.15) is 0 Å². The third kappa shape index (κ3) is 4.95. The van der Waals surface area contributed by atoms with Gasteiger partial charge in [0.2, 0.25) is 11.8 Å². The van der Waals surface area contributed by atoms with Crippen LogP contribution in [-0.4, -0.2) is 32.3 Å².